The molecule has 0 saturated carbocycles. The second-order valence-corrected chi connectivity index (χ2v) is 4.74. The van der Waals surface area contributed by atoms with E-state index in [1.165, 1.54) is 0 Å². The van der Waals surface area contributed by atoms with E-state index >= 15 is 0 Å². The lowest BCUT2D eigenvalue weighted by Crippen LogP contribution is -2.35. The molecule has 0 fully saturated rings. The molecule has 1 aromatic carbocycles. The van der Waals surface area contributed by atoms with Gasteiger partial charge in [0.05, 0.1) is 18.2 Å². The molecule has 3 nitrogen and oxygen atoms in total. The van der Waals surface area contributed by atoms with Crippen LogP contribution in [0.15, 0.2) is 18.2 Å². The Morgan fingerprint density at radius 3 is 2.59 bits per heavy atom. The largest absolute Gasteiger partial charge is 0.495 e. The van der Waals surface area contributed by atoms with Gasteiger partial charge < -0.3 is 10.5 Å². The molecule has 4 heteroatoms. The zero-order chi connectivity index (χ0) is 13.0. The van der Waals surface area contributed by atoms with Crippen molar-refractivity contribution in [2.75, 3.05) is 7.11 Å². The molecule has 94 valence electrons. The van der Waals surface area contributed by atoms with Crippen molar-refractivity contribution >= 4 is 17.4 Å². The summed E-state index contributed by atoms with van der Waals surface area (Å²) in [6, 6.07) is 4.97. The van der Waals surface area contributed by atoms with Gasteiger partial charge in [-0.2, -0.15) is 0 Å². The number of carbonyl (C=O) groups is 1. The number of rotatable bonds is 5. The highest BCUT2D eigenvalue weighted by Gasteiger charge is 2.17. The van der Waals surface area contributed by atoms with Crippen molar-refractivity contribution in [3.8, 4) is 5.75 Å². The van der Waals surface area contributed by atoms with Crippen molar-refractivity contribution in [1.29, 1.82) is 0 Å². The van der Waals surface area contributed by atoms with E-state index in [0.29, 0.717) is 17.2 Å². The molecular formula is C13H18ClNO2. The molecule has 0 unspecified atom stereocenters. The van der Waals surface area contributed by atoms with E-state index in [9.17, 15) is 4.79 Å². The van der Waals surface area contributed by atoms with Crippen molar-refractivity contribution in [1.82, 2.24) is 0 Å². The van der Waals surface area contributed by atoms with E-state index in [0.717, 1.165) is 5.56 Å². The number of benzene rings is 1. The number of nitrogens with two attached hydrogens (primary N) is 1. The van der Waals surface area contributed by atoms with Crippen molar-refractivity contribution in [3.05, 3.63) is 28.8 Å². The molecule has 0 bridgehead atoms. The predicted molar refractivity (Wildman–Crippen MR) is 69.5 cm³/mol. The minimum absolute atomic E-state index is 0.0429. The van der Waals surface area contributed by atoms with Crippen LogP contribution in [0, 0.1) is 5.92 Å². The van der Waals surface area contributed by atoms with E-state index in [1.54, 1.807) is 19.2 Å². The SMILES string of the molecule is COc1ccc(C[C@@H](N)C(=O)C(C)C)cc1Cl. The number of ketones is 1. The van der Waals surface area contributed by atoms with Crippen LogP contribution in [-0.4, -0.2) is 18.9 Å². The summed E-state index contributed by atoms with van der Waals surface area (Å²) in [7, 11) is 1.56. The van der Waals surface area contributed by atoms with Crippen LogP contribution in [0.2, 0.25) is 5.02 Å². The van der Waals surface area contributed by atoms with Crippen molar-refractivity contribution in [2.45, 2.75) is 26.3 Å². The second-order valence-electron chi connectivity index (χ2n) is 4.34. The van der Waals surface area contributed by atoms with Crippen LogP contribution in [0.25, 0.3) is 0 Å². The van der Waals surface area contributed by atoms with E-state index in [1.807, 2.05) is 19.9 Å². The smallest absolute Gasteiger partial charge is 0.152 e. The fourth-order valence-corrected chi connectivity index (χ4v) is 1.90. The van der Waals surface area contributed by atoms with Crippen molar-refractivity contribution < 1.29 is 9.53 Å². The van der Waals surface area contributed by atoms with Gasteiger partial charge in [-0.25, -0.2) is 0 Å². The summed E-state index contributed by atoms with van der Waals surface area (Å²) >= 11 is 6.00. The topological polar surface area (TPSA) is 52.3 Å². The Hall–Kier alpha value is -1.06. The first-order chi connectivity index (χ1) is 7.95. The van der Waals surface area contributed by atoms with Crippen LogP contribution in [0.5, 0.6) is 5.75 Å². The summed E-state index contributed by atoms with van der Waals surface area (Å²) in [5.41, 5.74) is 6.79. The van der Waals surface area contributed by atoms with E-state index in [4.69, 9.17) is 22.1 Å². The predicted octanol–water partition coefficient (Wildman–Crippen LogP) is 2.44. The van der Waals surface area contributed by atoms with Gasteiger partial charge in [-0.3, -0.25) is 4.79 Å². The number of ether oxygens (including phenoxy) is 1. The maximum absolute atomic E-state index is 11.7. The molecule has 0 aliphatic heterocycles. The lowest BCUT2D eigenvalue weighted by atomic mass is 9.96. The molecule has 0 saturated heterocycles. The Morgan fingerprint density at radius 2 is 2.12 bits per heavy atom. The number of Topliss-reactive ketones (excluding diaryl/α,β-unsaturated/α-hetero) is 1. The Bertz CT molecular complexity index is 404. The fraction of sp³-hybridized carbons (Fsp3) is 0.462. The van der Waals surface area contributed by atoms with E-state index in [2.05, 4.69) is 0 Å². The van der Waals surface area contributed by atoms with Crippen LogP contribution >= 0.6 is 11.6 Å². The third kappa shape index (κ3) is 3.72. The van der Waals surface area contributed by atoms with Gasteiger partial charge in [0.1, 0.15) is 5.75 Å². The summed E-state index contributed by atoms with van der Waals surface area (Å²) in [5, 5.41) is 0.536. The Kier molecular flexibility index (Phi) is 4.97. The summed E-state index contributed by atoms with van der Waals surface area (Å²) in [6.07, 6.45) is 0.501. The molecule has 0 spiro atoms. The number of halogens is 1. The van der Waals surface area contributed by atoms with Gasteiger partial charge in [0.2, 0.25) is 0 Å². The highest BCUT2D eigenvalue weighted by atomic mass is 35.5. The lowest BCUT2D eigenvalue weighted by molar-refractivity contribution is -0.123. The van der Waals surface area contributed by atoms with Gasteiger partial charge in [-0.05, 0) is 24.1 Å². The molecular weight excluding hydrogens is 238 g/mol. The van der Waals surface area contributed by atoms with Gasteiger partial charge in [-0.1, -0.05) is 31.5 Å². The standard InChI is InChI=1S/C13H18ClNO2/c1-8(2)13(16)11(15)7-9-4-5-12(17-3)10(14)6-9/h4-6,8,11H,7,15H2,1-3H3/t11-/m1/s1. The van der Waals surface area contributed by atoms with Gasteiger partial charge in [0.25, 0.3) is 0 Å². The molecule has 0 aliphatic rings. The first-order valence-electron chi connectivity index (χ1n) is 5.57. The average molecular weight is 256 g/mol. The molecule has 0 amide bonds. The van der Waals surface area contributed by atoms with Crippen LogP contribution in [0.3, 0.4) is 0 Å². The van der Waals surface area contributed by atoms with Gasteiger partial charge in [0, 0.05) is 5.92 Å². The Labute approximate surface area is 107 Å². The Morgan fingerprint density at radius 1 is 1.47 bits per heavy atom. The third-order valence-electron chi connectivity index (χ3n) is 2.61. The van der Waals surface area contributed by atoms with Gasteiger partial charge in [0.15, 0.2) is 5.78 Å². The second kappa shape index (κ2) is 6.03. The molecule has 2 N–H and O–H groups in total. The van der Waals surface area contributed by atoms with Crippen molar-refractivity contribution in [3.63, 3.8) is 0 Å². The average Bonchev–Trinajstić information content (AvgIpc) is 2.28. The number of carbonyl (C=O) groups excluding carboxylic acids is 1. The van der Waals surface area contributed by atoms with Crippen LogP contribution in [0.4, 0.5) is 0 Å². The molecule has 1 rings (SSSR count). The zero-order valence-corrected chi connectivity index (χ0v) is 11.1. The number of methoxy groups -OCH3 is 1. The lowest BCUT2D eigenvalue weighted by Gasteiger charge is -2.13. The molecule has 0 aromatic heterocycles. The molecule has 0 heterocycles. The van der Waals surface area contributed by atoms with E-state index < -0.39 is 6.04 Å². The van der Waals surface area contributed by atoms with Crippen LogP contribution < -0.4 is 10.5 Å². The van der Waals surface area contributed by atoms with Crippen LogP contribution in [-0.2, 0) is 11.2 Å². The highest BCUT2D eigenvalue weighted by molar-refractivity contribution is 6.32. The Balaban J connectivity index is 2.75. The van der Waals surface area contributed by atoms with Crippen molar-refractivity contribution in [2.24, 2.45) is 11.7 Å². The minimum atomic E-state index is -0.473. The van der Waals surface area contributed by atoms with E-state index in [-0.39, 0.29) is 11.7 Å². The van der Waals surface area contributed by atoms with Gasteiger partial charge >= 0.3 is 0 Å². The monoisotopic (exact) mass is 255 g/mol. The first kappa shape index (κ1) is 14.0. The maximum Gasteiger partial charge on any atom is 0.152 e. The maximum atomic E-state index is 11.7. The number of hydrogen-bond donors (Lipinski definition) is 1. The number of hydrogen-bond acceptors (Lipinski definition) is 3. The van der Waals surface area contributed by atoms with Crippen LogP contribution in [0.1, 0.15) is 19.4 Å². The summed E-state index contributed by atoms with van der Waals surface area (Å²) in [6.45, 7) is 3.70. The zero-order valence-electron chi connectivity index (χ0n) is 10.4. The molecule has 17 heavy (non-hydrogen) atoms. The quantitative estimate of drug-likeness (QED) is 0.879. The third-order valence-corrected chi connectivity index (χ3v) is 2.90. The minimum Gasteiger partial charge on any atom is -0.495 e. The summed E-state index contributed by atoms with van der Waals surface area (Å²) < 4.78 is 5.06. The fourth-order valence-electron chi connectivity index (χ4n) is 1.62. The summed E-state index contributed by atoms with van der Waals surface area (Å²) in [4.78, 5) is 11.7. The van der Waals surface area contributed by atoms with Gasteiger partial charge in [-0.15, -0.1) is 0 Å². The molecule has 1 atom stereocenters. The normalized spacial score (nSPS) is 12.6. The molecule has 0 radical (unpaired) electrons. The first-order valence-corrected chi connectivity index (χ1v) is 5.95. The summed E-state index contributed by atoms with van der Waals surface area (Å²) in [5.74, 6) is 0.648. The molecule has 1 aromatic rings. The molecule has 0 aliphatic carbocycles. The highest BCUT2D eigenvalue weighted by Crippen LogP contribution is 2.25.